The predicted octanol–water partition coefficient (Wildman–Crippen LogP) is 1.89. The first-order valence-electron chi connectivity index (χ1n) is 5.95. The highest BCUT2D eigenvalue weighted by Gasteiger charge is 2.47. The highest BCUT2D eigenvalue weighted by molar-refractivity contribution is 8.13. The molecule has 2 aliphatic rings. The Bertz CT molecular complexity index is 323. The number of rotatable bonds is 2. The molecule has 0 aromatic carbocycles. The van der Waals surface area contributed by atoms with Gasteiger partial charge in [-0.1, -0.05) is 11.8 Å². The molecule has 1 saturated carbocycles. The second-order valence-corrected chi connectivity index (χ2v) is 5.54. The van der Waals surface area contributed by atoms with Crippen molar-refractivity contribution in [2.24, 2.45) is 5.92 Å². The quantitative estimate of drug-likeness (QED) is 0.547. The molecule has 16 heavy (non-hydrogen) atoms. The average molecular weight is 242 g/mol. The van der Waals surface area contributed by atoms with Gasteiger partial charge in [0, 0.05) is 12.8 Å². The number of thioether (sulfide) groups is 1. The molecule has 1 aliphatic heterocycles. The molecule has 0 spiro atoms. The lowest BCUT2D eigenvalue weighted by atomic mass is 9.91. The molecule has 2 atom stereocenters. The normalized spacial score (nSPS) is 30.4. The Morgan fingerprint density at radius 2 is 2.19 bits per heavy atom. The third kappa shape index (κ3) is 1.88. The fraction of sp³-hybridized carbons (Fsp3) is 0.833. The zero-order chi connectivity index (χ0) is 11.7. The highest BCUT2D eigenvalue weighted by Crippen LogP contribution is 2.33. The Morgan fingerprint density at radius 3 is 2.62 bits per heavy atom. The van der Waals surface area contributed by atoms with E-state index in [-0.39, 0.29) is 11.9 Å². The van der Waals surface area contributed by atoms with Crippen LogP contribution in [-0.4, -0.2) is 41.0 Å². The van der Waals surface area contributed by atoms with E-state index in [0.29, 0.717) is 12.1 Å². The topological polar surface area (TPSA) is 29.3 Å². The smallest absolute Gasteiger partial charge is 0.316 e. The highest BCUT2D eigenvalue weighted by atomic mass is 32.2. The molecule has 0 amide bonds. The van der Waals surface area contributed by atoms with Crippen molar-refractivity contribution >= 4 is 22.8 Å². The number of nitrogens with zero attached hydrogens (tertiary/aromatic N) is 1. The van der Waals surface area contributed by atoms with E-state index >= 15 is 0 Å². The minimum atomic E-state index is -0.0547. The molecular weight excluding hydrogens is 222 g/mol. The standard InChI is InChI=1S/C12H20NO2S/c1-8-10(12(14)15-2)7-11(16-3)13(8)9-5-4-6-9/h8-10H,4-7H2,1-3H3/q+1. The number of hydrogen-bond acceptors (Lipinski definition) is 3. The van der Waals surface area contributed by atoms with Gasteiger partial charge in [0.05, 0.1) is 13.5 Å². The predicted molar refractivity (Wildman–Crippen MR) is 66.0 cm³/mol. The zero-order valence-corrected chi connectivity index (χ0v) is 11.0. The summed E-state index contributed by atoms with van der Waals surface area (Å²) in [6.45, 7) is 2.16. The molecule has 0 radical (unpaired) electrons. The monoisotopic (exact) mass is 242 g/mol. The van der Waals surface area contributed by atoms with Gasteiger partial charge in [0.1, 0.15) is 5.92 Å². The summed E-state index contributed by atoms with van der Waals surface area (Å²) in [6, 6.07) is 0.979. The van der Waals surface area contributed by atoms with E-state index in [0.717, 1.165) is 6.42 Å². The molecule has 4 heteroatoms. The molecule has 0 aromatic rings. The van der Waals surface area contributed by atoms with Crippen LogP contribution in [-0.2, 0) is 9.53 Å². The third-order valence-electron chi connectivity index (χ3n) is 3.91. The van der Waals surface area contributed by atoms with E-state index in [1.54, 1.807) is 11.8 Å². The molecule has 1 heterocycles. The van der Waals surface area contributed by atoms with Crippen molar-refractivity contribution in [1.82, 2.24) is 0 Å². The Balaban J connectivity index is 2.16. The van der Waals surface area contributed by atoms with E-state index in [1.807, 2.05) is 0 Å². The number of ether oxygens (including phenoxy) is 1. The maximum Gasteiger partial charge on any atom is 0.316 e. The van der Waals surface area contributed by atoms with E-state index in [9.17, 15) is 4.79 Å². The maximum absolute atomic E-state index is 11.7. The van der Waals surface area contributed by atoms with Crippen molar-refractivity contribution in [3.8, 4) is 0 Å². The van der Waals surface area contributed by atoms with Gasteiger partial charge in [0.25, 0.3) is 0 Å². The van der Waals surface area contributed by atoms with Crippen molar-refractivity contribution in [2.45, 2.75) is 44.7 Å². The van der Waals surface area contributed by atoms with Crippen molar-refractivity contribution in [3.63, 3.8) is 0 Å². The fourth-order valence-corrected chi connectivity index (χ4v) is 3.58. The van der Waals surface area contributed by atoms with Crippen molar-refractivity contribution < 1.29 is 14.1 Å². The van der Waals surface area contributed by atoms with E-state index in [1.165, 1.54) is 31.4 Å². The number of esters is 1. The first-order valence-corrected chi connectivity index (χ1v) is 7.17. The molecular formula is C12H20NO2S+. The molecule has 2 rings (SSSR count). The number of carbonyl (C=O) groups is 1. The number of methoxy groups -OCH3 is 1. The lowest BCUT2D eigenvalue weighted by Gasteiger charge is -2.26. The Labute approximate surface area is 101 Å². The summed E-state index contributed by atoms with van der Waals surface area (Å²) in [5.74, 6) is -0.0195. The second-order valence-electron chi connectivity index (χ2n) is 4.66. The molecule has 2 unspecified atom stereocenters. The van der Waals surface area contributed by atoms with Gasteiger partial charge in [-0.15, -0.1) is 0 Å². The summed E-state index contributed by atoms with van der Waals surface area (Å²) in [5.41, 5.74) is 0. The largest absolute Gasteiger partial charge is 0.469 e. The van der Waals surface area contributed by atoms with Gasteiger partial charge in [0.2, 0.25) is 5.04 Å². The van der Waals surface area contributed by atoms with Crippen LogP contribution >= 0.6 is 11.8 Å². The zero-order valence-electron chi connectivity index (χ0n) is 10.2. The van der Waals surface area contributed by atoms with Gasteiger partial charge in [0.15, 0.2) is 12.1 Å². The van der Waals surface area contributed by atoms with E-state index in [2.05, 4.69) is 17.8 Å². The lowest BCUT2D eigenvalue weighted by Crippen LogP contribution is -2.40. The van der Waals surface area contributed by atoms with Crippen LogP contribution in [0.5, 0.6) is 0 Å². The molecule has 0 aromatic heterocycles. The van der Waals surface area contributed by atoms with Gasteiger partial charge < -0.3 is 4.74 Å². The van der Waals surface area contributed by atoms with E-state index in [4.69, 9.17) is 4.74 Å². The summed E-state index contributed by atoms with van der Waals surface area (Å²) in [6.07, 6.45) is 6.86. The van der Waals surface area contributed by atoms with Gasteiger partial charge in [-0.25, -0.2) is 4.58 Å². The SMILES string of the molecule is COC(=O)C1CC(SC)=[N+](C2CCC2)C1C. The Kier molecular flexibility index (Phi) is 3.57. The first-order chi connectivity index (χ1) is 7.69. The summed E-state index contributed by atoms with van der Waals surface area (Å²) < 4.78 is 7.36. The Morgan fingerprint density at radius 1 is 1.50 bits per heavy atom. The molecule has 0 bridgehead atoms. The van der Waals surface area contributed by atoms with Crippen LogP contribution < -0.4 is 0 Å². The Hall–Kier alpha value is -0.510. The van der Waals surface area contributed by atoms with Crippen molar-refractivity contribution in [1.29, 1.82) is 0 Å². The van der Waals surface area contributed by atoms with Crippen molar-refractivity contribution in [3.05, 3.63) is 0 Å². The van der Waals surface area contributed by atoms with Gasteiger partial charge in [-0.3, -0.25) is 4.79 Å². The molecule has 90 valence electrons. The molecule has 0 N–H and O–H groups in total. The van der Waals surface area contributed by atoms with Crippen LogP contribution in [0.3, 0.4) is 0 Å². The summed E-state index contributed by atoms with van der Waals surface area (Å²) in [4.78, 5) is 11.7. The van der Waals surface area contributed by atoms with Crippen LogP contribution in [0.15, 0.2) is 0 Å². The van der Waals surface area contributed by atoms with E-state index < -0.39 is 0 Å². The van der Waals surface area contributed by atoms with Crippen molar-refractivity contribution in [2.75, 3.05) is 13.4 Å². The molecule has 1 aliphatic carbocycles. The molecule has 3 nitrogen and oxygen atoms in total. The van der Waals surface area contributed by atoms with Gasteiger partial charge in [-0.05, 0) is 19.6 Å². The van der Waals surface area contributed by atoms with Crippen LogP contribution in [0.2, 0.25) is 0 Å². The molecule has 1 fully saturated rings. The number of hydrogen-bond donors (Lipinski definition) is 0. The minimum Gasteiger partial charge on any atom is -0.469 e. The lowest BCUT2D eigenvalue weighted by molar-refractivity contribution is -0.603. The van der Waals surface area contributed by atoms with Crippen LogP contribution in [0.4, 0.5) is 0 Å². The summed E-state index contributed by atoms with van der Waals surface area (Å²) in [7, 11) is 1.49. The second kappa shape index (κ2) is 4.78. The van der Waals surface area contributed by atoms with Gasteiger partial charge in [-0.2, -0.15) is 0 Å². The average Bonchev–Trinajstić information content (AvgIpc) is 2.54. The van der Waals surface area contributed by atoms with Gasteiger partial charge >= 0.3 is 5.97 Å². The third-order valence-corrected chi connectivity index (χ3v) is 4.76. The molecule has 0 saturated heterocycles. The van der Waals surface area contributed by atoms with Crippen LogP contribution in [0.1, 0.15) is 32.6 Å². The first kappa shape index (κ1) is 12.0. The summed E-state index contributed by atoms with van der Waals surface area (Å²) in [5, 5.41) is 1.37. The van der Waals surface area contributed by atoms with Crippen LogP contribution in [0, 0.1) is 5.92 Å². The fourth-order valence-electron chi connectivity index (χ4n) is 2.71. The summed E-state index contributed by atoms with van der Waals surface area (Å²) >= 11 is 1.79. The minimum absolute atomic E-state index is 0.0352. The maximum atomic E-state index is 11.7. The van der Waals surface area contributed by atoms with Crippen LogP contribution in [0.25, 0.3) is 0 Å². The number of carbonyl (C=O) groups excluding carboxylic acids is 1.